The minimum absolute atomic E-state index is 0.141. The first kappa shape index (κ1) is 23.7. The molecule has 1 aromatic heterocycles. The van der Waals surface area contributed by atoms with Crippen LogP contribution in [0, 0.1) is 10.8 Å². The fourth-order valence-electron chi connectivity index (χ4n) is 4.09. The van der Waals surface area contributed by atoms with Crippen molar-refractivity contribution in [3.05, 3.63) is 57.6 Å². The zero-order valence-corrected chi connectivity index (χ0v) is 18.0. The van der Waals surface area contributed by atoms with E-state index in [4.69, 9.17) is 9.47 Å². The minimum Gasteiger partial charge on any atom is -0.489 e. The average Bonchev–Trinajstić information content (AvgIpc) is 2.82. The maximum Gasteiger partial charge on any atom is 0.420 e. The van der Waals surface area contributed by atoms with E-state index in [-0.39, 0.29) is 18.1 Å². The lowest BCUT2D eigenvalue weighted by Gasteiger charge is -2.32. The van der Waals surface area contributed by atoms with Crippen LogP contribution >= 0.6 is 0 Å². The van der Waals surface area contributed by atoms with Crippen LogP contribution in [-0.4, -0.2) is 47.2 Å². The number of carboxylic acids is 1. The van der Waals surface area contributed by atoms with Gasteiger partial charge in [-0.25, -0.2) is 4.98 Å². The molecular weight excluding hydrogens is 455 g/mol. The molecule has 2 aliphatic heterocycles. The molecule has 0 amide bonds. The Morgan fingerprint density at radius 1 is 1.32 bits per heavy atom. The van der Waals surface area contributed by atoms with Crippen LogP contribution in [0.25, 0.3) is 6.08 Å². The van der Waals surface area contributed by atoms with Gasteiger partial charge in [-0.2, -0.15) is 13.2 Å². The zero-order valence-electron chi connectivity index (χ0n) is 18.0. The van der Waals surface area contributed by atoms with Crippen molar-refractivity contribution in [3.8, 4) is 11.5 Å². The Hall–Kier alpha value is -3.47. The highest BCUT2D eigenvalue weighted by molar-refractivity contribution is 5.70. The third kappa shape index (κ3) is 5.53. The van der Waals surface area contributed by atoms with Gasteiger partial charge < -0.3 is 14.6 Å². The predicted octanol–water partition coefficient (Wildman–Crippen LogP) is 4.65. The molecule has 0 aliphatic carbocycles. The van der Waals surface area contributed by atoms with E-state index >= 15 is 0 Å². The molecule has 0 bridgehead atoms. The number of fused-ring (bicyclic) bond motifs is 1. The maximum atomic E-state index is 13.1. The SMILES string of the molecule is O=Nc1ncc(COc2ccc3c(c2)OCC(CN2CCCC(C(=O)O)C2)=C3)cc1C(F)(F)F. The Kier molecular flexibility index (Phi) is 6.82. The summed E-state index contributed by atoms with van der Waals surface area (Å²) in [5, 5.41) is 11.6. The van der Waals surface area contributed by atoms with Crippen molar-refractivity contribution < 1.29 is 32.5 Å². The smallest absolute Gasteiger partial charge is 0.420 e. The second-order valence-corrected chi connectivity index (χ2v) is 8.30. The summed E-state index contributed by atoms with van der Waals surface area (Å²) >= 11 is 0. The monoisotopic (exact) mass is 477 g/mol. The summed E-state index contributed by atoms with van der Waals surface area (Å²) in [5.74, 6) is -1.04. The number of aliphatic carboxylic acids is 1. The molecular formula is C23H22F3N3O5. The molecule has 2 aliphatic rings. The number of carboxylic acid groups (broad SMARTS) is 1. The van der Waals surface area contributed by atoms with Gasteiger partial charge in [-0.15, -0.1) is 4.91 Å². The molecule has 1 atom stereocenters. The summed E-state index contributed by atoms with van der Waals surface area (Å²) in [6, 6.07) is 5.92. The van der Waals surface area contributed by atoms with Gasteiger partial charge >= 0.3 is 12.1 Å². The fourth-order valence-corrected chi connectivity index (χ4v) is 4.09. The topological polar surface area (TPSA) is 101 Å². The number of carbonyl (C=O) groups is 1. The number of aromatic nitrogens is 1. The molecule has 1 saturated heterocycles. The van der Waals surface area contributed by atoms with Gasteiger partial charge in [0.25, 0.3) is 0 Å². The highest BCUT2D eigenvalue weighted by atomic mass is 19.4. The lowest BCUT2D eigenvalue weighted by atomic mass is 9.97. The van der Waals surface area contributed by atoms with E-state index in [1.54, 1.807) is 18.2 Å². The van der Waals surface area contributed by atoms with Crippen molar-refractivity contribution in [1.29, 1.82) is 0 Å². The Morgan fingerprint density at radius 2 is 2.15 bits per heavy atom. The lowest BCUT2D eigenvalue weighted by Crippen LogP contribution is -2.40. The van der Waals surface area contributed by atoms with Gasteiger partial charge in [0.05, 0.1) is 5.92 Å². The first-order valence-electron chi connectivity index (χ1n) is 10.7. The molecule has 34 heavy (non-hydrogen) atoms. The first-order valence-corrected chi connectivity index (χ1v) is 10.7. The van der Waals surface area contributed by atoms with Crippen LogP contribution in [-0.2, 0) is 17.6 Å². The molecule has 2 aromatic rings. The van der Waals surface area contributed by atoms with E-state index in [0.717, 1.165) is 36.4 Å². The van der Waals surface area contributed by atoms with E-state index in [1.165, 1.54) is 0 Å². The van der Waals surface area contributed by atoms with Gasteiger partial charge in [0.1, 0.15) is 30.3 Å². The van der Waals surface area contributed by atoms with Crippen molar-refractivity contribution in [2.24, 2.45) is 11.1 Å². The number of hydrogen-bond donors (Lipinski definition) is 1. The number of hydrogen-bond acceptors (Lipinski definition) is 7. The summed E-state index contributed by atoms with van der Waals surface area (Å²) in [6.07, 6.45) is -0.1000. The molecule has 0 saturated carbocycles. The molecule has 8 nitrogen and oxygen atoms in total. The van der Waals surface area contributed by atoms with Crippen molar-refractivity contribution in [1.82, 2.24) is 9.88 Å². The van der Waals surface area contributed by atoms with Gasteiger partial charge in [-0.05, 0) is 54.4 Å². The summed E-state index contributed by atoms with van der Waals surface area (Å²) in [4.78, 5) is 27.4. The summed E-state index contributed by atoms with van der Waals surface area (Å²) in [7, 11) is 0. The number of piperidine rings is 1. The highest BCUT2D eigenvalue weighted by Crippen LogP contribution is 2.36. The quantitative estimate of drug-likeness (QED) is 0.580. The van der Waals surface area contributed by atoms with Gasteiger partial charge in [0.2, 0.25) is 5.82 Å². The molecule has 3 heterocycles. The Balaban J connectivity index is 1.40. The third-order valence-corrected chi connectivity index (χ3v) is 5.76. The third-order valence-electron chi connectivity index (χ3n) is 5.76. The number of alkyl halides is 3. The average molecular weight is 477 g/mol. The van der Waals surface area contributed by atoms with Gasteiger partial charge in [0, 0.05) is 36.5 Å². The lowest BCUT2D eigenvalue weighted by molar-refractivity contribution is -0.143. The predicted molar refractivity (Wildman–Crippen MR) is 116 cm³/mol. The number of benzene rings is 1. The molecule has 1 unspecified atom stereocenters. The van der Waals surface area contributed by atoms with Crippen LogP contribution in [0.3, 0.4) is 0 Å². The van der Waals surface area contributed by atoms with Crippen LogP contribution < -0.4 is 9.47 Å². The van der Waals surface area contributed by atoms with Crippen LogP contribution in [0.15, 0.2) is 41.2 Å². The van der Waals surface area contributed by atoms with Crippen LogP contribution in [0.5, 0.6) is 11.5 Å². The normalized spacial score (nSPS) is 18.4. The zero-order chi connectivity index (χ0) is 24.3. The van der Waals surface area contributed by atoms with Crippen molar-refractivity contribution in [3.63, 3.8) is 0 Å². The molecule has 11 heteroatoms. The van der Waals surface area contributed by atoms with Crippen molar-refractivity contribution >= 4 is 17.9 Å². The molecule has 1 aromatic carbocycles. The first-order chi connectivity index (χ1) is 16.2. The number of pyridine rings is 1. The standard InChI is InChI=1S/C23H22F3N3O5/c24-23(25,26)19-7-14(9-27-21(19)28-32)12-33-18-4-3-16-6-15(13-34-20(16)8-18)10-29-5-1-2-17(11-29)22(30)31/h3-4,6-9,17H,1-2,5,10-13H2,(H,30,31). The molecule has 4 rings (SSSR count). The van der Waals surface area contributed by atoms with E-state index in [1.807, 2.05) is 6.08 Å². The van der Waals surface area contributed by atoms with Crippen LogP contribution in [0.2, 0.25) is 0 Å². The number of halogens is 3. The Bertz CT molecular complexity index is 1120. The molecule has 0 spiro atoms. The van der Waals surface area contributed by atoms with E-state index in [9.17, 15) is 28.0 Å². The number of nitroso groups, excluding NO2 is 1. The number of nitrogens with zero attached hydrogens (tertiary/aromatic N) is 3. The largest absolute Gasteiger partial charge is 0.489 e. The number of rotatable bonds is 7. The summed E-state index contributed by atoms with van der Waals surface area (Å²) < 4.78 is 50.7. The minimum atomic E-state index is -4.75. The van der Waals surface area contributed by atoms with Crippen molar-refractivity contribution in [2.45, 2.75) is 25.6 Å². The molecule has 1 fully saturated rings. The van der Waals surface area contributed by atoms with Crippen molar-refractivity contribution in [2.75, 3.05) is 26.2 Å². The Morgan fingerprint density at radius 3 is 2.88 bits per heavy atom. The van der Waals surface area contributed by atoms with E-state index in [2.05, 4.69) is 15.1 Å². The number of likely N-dealkylation sites (tertiary alicyclic amines) is 1. The molecule has 1 N–H and O–H groups in total. The second kappa shape index (κ2) is 9.80. The van der Waals surface area contributed by atoms with E-state index < -0.39 is 23.5 Å². The fraction of sp³-hybridized carbons (Fsp3) is 0.391. The van der Waals surface area contributed by atoms with Crippen LogP contribution in [0.1, 0.15) is 29.5 Å². The maximum absolute atomic E-state index is 13.1. The summed E-state index contributed by atoms with van der Waals surface area (Å²) in [5.41, 5.74) is 0.796. The second-order valence-electron chi connectivity index (χ2n) is 8.30. The van der Waals surface area contributed by atoms with Gasteiger partial charge in [0.15, 0.2) is 0 Å². The Labute approximate surface area is 193 Å². The van der Waals surface area contributed by atoms with Crippen LogP contribution in [0.4, 0.5) is 19.0 Å². The van der Waals surface area contributed by atoms with Gasteiger partial charge in [-0.3, -0.25) is 9.69 Å². The molecule has 180 valence electrons. The molecule has 0 radical (unpaired) electrons. The highest BCUT2D eigenvalue weighted by Gasteiger charge is 2.35. The number of ether oxygens (including phenoxy) is 2. The summed E-state index contributed by atoms with van der Waals surface area (Å²) in [6.45, 7) is 2.15. The van der Waals surface area contributed by atoms with Gasteiger partial charge in [-0.1, -0.05) is 0 Å². The van der Waals surface area contributed by atoms with E-state index in [0.29, 0.717) is 37.6 Å².